The summed E-state index contributed by atoms with van der Waals surface area (Å²) in [6, 6.07) is 6.16. The zero-order chi connectivity index (χ0) is 12.1. The summed E-state index contributed by atoms with van der Waals surface area (Å²) in [4.78, 5) is 1.16. The van der Waals surface area contributed by atoms with E-state index in [0.717, 1.165) is 27.2 Å². The van der Waals surface area contributed by atoms with Gasteiger partial charge in [0.25, 0.3) is 0 Å². The molecule has 1 aromatic carbocycles. The minimum absolute atomic E-state index is 0.0483. The van der Waals surface area contributed by atoms with Crippen molar-refractivity contribution < 1.29 is 0 Å². The summed E-state index contributed by atoms with van der Waals surface area (Å²) in [7, 11) is 0. The maximum atomic E-state index is 6.21. The van der Waals surface area contributed by atoms with Crippen LogP contribution in [0.5, 0.6) is 0 Å². The zero-order valence-corrected chi connectivity index (χ0v) is 11.7. The molecule has 0 unspecified atom stereocenters. The lowest BCUT2D eigenvalue weighted by Gasteiger charge is -2.10. The van der Waals surface area contributed by atoms with Crippen LogP contribution in [0.4, 0.5) is 0 Å². The van der Waals surface area contributed by atoms with Crippen LogP contribution < -0.4 is 5.73 Å². The number of thioether (sulfide) groups is 1. The van der Waals surface area contributed by atoms with Crippen molar-refractivity contribution in [1.82, 2.24) is 0 Å². The predicted octanol–water partition coefficient (Wildman–Crippen LogP) is 4.50. The van der Waals surface area contributed by atoms with Crippen molar-refractivity contribution in [3.05, 3.63) is 28.8 Å². The summed E-state index contributed by atoms with van der Waals surface area (Å²) in [5, 5.41) is 0.823. The molecule has 1 rings (SSSR count). The number of hydrogen-bond donors (Lipinski definition) is 1. The highest BCUT2D eigenvalue weighted by molar-refractivity contribution is 7.99. The first-order chi connectivity index (χ1) is 7.50. The fraction of sp³-hybridized carbons (Fsp3) is 0.538. The van der Waals surface area contributed by atoms with Gasteiger partial charge in [-0.05, 0) is 42.7 Å². The molecule has 0 aliphatic heterocycles. The Kier molecular flexibility index (Phi) is 5.67. The monoisotopic (exact) mass is 257 g/mol. The van der Waals surface area contributed by atoms with Crippen LogP contribution in [0.2, 0.25) is 5.02 Å². The third kappa shape index (κ3) is 4.36. The van der Waals surface area contributed by atoms with Gasteiger partial charge < -0.3 is 5.73 Å². The Balaban J connectivity index is 2.61. The summed E-state index contributed by atoms with van der Waals surface area (Å²) in [5.41, 5.74) is 6.90. The fourth-order valence-corrected chi connectivity index (χ4v) is 2.84. The molecule has 0 saturated heterocycles. The molecule has 0 aromatic heterocycles. The smallest absolute Gasteiger partial charge is 0.0545 e. The second-order valence-electron chi connectivity index (χ2n) is 4.51. The second kappa shape index (κ2) is 6.53. The van der Waals surface area contributed by atoms with Gasteiger partial charge in [0.15, 0.2) is 0 Å². The lowest BCUT2D eigenvalue weighted by Crippen LogP contribution is -2.04. The molecular weight excluding hydrogens is 238 g/mol. The first kappa shape index (κ1) is 13.9. The van der Waals surface area contributed by atoms with E-state index < -0.39 is 0 Å². The van der Waals surface area contributed by atoms with Gasteiger partial charge in [0.05, 0.1) is 5.02 Å². The standard InChI is InChI=1S/C13H20ClNS/c1-9(2)6-7-16-13-5-4-11(10(3)15)8-12(13)14/h4-5,8-10H,6-7,15H2,1-3H3/t10-/m0/s1. The number of hydrogen-bond acceptors (Lipinski definition) is 2. The Bertz CT molecular complexity index is 337. The van der Waals surface area contributed by atoms with Gasteiger partial charge >= 0.3 is 0 Å². The molecule has 16 heavy (non-hydrogen) atoms. The highest BCUT2D eigenvalue weighted by atomic mass is 35.5. The molecule has 0 aliphatic carbocycles. The van der Waals surface area contributed by atoms with E-state index in [-0.39, 0.29) is 6.04 Å². The SMILES string of the molecule is CC(C)CCSc1ccc([C@H](C)N)cc1Cl. The summed E-state index contributed by atoms with van der Waals surface area (Å²) in [6.07, 6.45) is 1.22. The molecule has 1 nitrogen and oxygen atoms in total. The third-order valence-electron chi connectivity index (χ3n) is 2.43. The van der Waals surface area contributed by atoms with Crippen LogP contribution in [-0.4, -0.2) is 5.75 Å². The van der Waals surface area contributed by atoms with Crippen molar-refractivity contribution in [2.75, 3.05) is 5.75 Å². The van der Waals surface area contributed by atoms with Crippen molar-refractivity contribution in [2.45, 2.75) is 38.1 Å². The zero-order valence-electron chi connectivity index (χ0n) is 10.2. The molecule has 0 radical (unpaired) electrons. The molecule has 0 aliphatic rings. The third-order valence-corrected chi connectivity index (χ3v) is 3.97. The van der Waals surface area contributed by atoms with E-state index in [1.54, 1.807) is 0 Å². The second-order valence-corrected chi connectivity index (χ2v) is 6.05. The Morgan fingerprint density at radius 2 is 2.00 bits per heavy atom. The first-order valence-corrected chi connectivity index (χ1v) is 7.05. The maximum absolute atomic E-state index is 6.21. The normalized spacial score (nSPS) is 13.1. The van der Waals surface area contributed by atoms with Crippen molar-refractivity contribution in [3.8, 4) is 0 Å². The quantitative estimate of drug-likeness (QED) is 0.786. The van der Waals surface area contributed by atoms with Crippen LogP contribution in [0.25, 0.3) is 0 Å². The lowest BCUT2D eigenvalue weighted by atomic mass is 10.1. The molecular formula is C13H20ClNS. The number of nitrogens with two attached hydrogens (primary N) is 1. The summed E-state index contributed by atoms with van der Waals surface area (Å²) >= 11 is 8.04. The van der Waals surface area contributed by atoms with E-state index in [2.05, 4.69) is 26.0 Å². The van der Waals surface area contributed by atoms with Crippen molar-refractivity contribution >= 4 is 23.4 Å². The van der Waals surface area contributed by atoms with E-state index in [4.69, 9.17) is 17.3 Å². The minimum atomic E-state index is 0.0483. The van der Waals surface area contributed by atoms with Crippen LogP contribution in [0, 0.1) is 5.92 Å². The molecule has 90 valence electrons. The van der Waals surface area contributed by atoms with Crippen molar-refractivity contribution in [1.29, 1.82) is 0 Å². The van der Waals surface area contributed by atoms with Gasteiger partial charge in [-0.2, -0.15) is 0 Å². The highest BCUT2D eigenvalue weighted by Gasteiger charge is 2.05. The van der Waals surface area contributed by atoms with Gasteiger partial charge in [-0.3, -0.25) is 0 Å². The summed E-state index contributed by atoms with van der Waals surface area (Å²) in [5.74, 6) is 1.86. The fourth-order valence-electron chi connectivity index (χ4n) is 1.32. The van der Waals surface area contributed by atoms with Gasteiger partial charge in [-0.15, -0.1) is 11.8 Å². The molecule has 0 fully saturated rings. The first-order valence-electron chi connectivity index (χ1n) is 5.68. The van der Waals surface area contributed by atoms with Gasteiger partial charge in [0.2, 0.25) is 0 Å². The van der Waals surface area contributed by atoms with E-state index >= 15 is 0 Å². The molecule has 2 N–H and O–H groups in total. The van der Waals surface area contributed by atoms with Crippen molar-refractivity contribution in [2.24, 2.45) is 11.7 Å². The Labute approximate surface area is 108 Å². The Morgan fingerprint density at radius 1 is 1.31 bits per heavy atom. The molecule has 0 heterocycles. The number of benzene rings is 1. The summed E-state index contributed by atoms with van der Waals surface area (Å²) in [6.45, 7) is 6.44. The highest BCUT2D eigenvalue weighted by Crippen LogP contribution is 2.30. The summed E-state index contributed by atoms with van der Waals surface area (Å²) < 4.78 is 0. The van der Waals surface area contributed by atoms with Crippen molar-refractivity contribution in [3.63, 3.8) is 0 Å². The minimum Gasteiger partial charge on any atom is -0.324 e. The van der Waals surface area contributed by atoms with Gasteiger partial charge in [0.1, 0.15) is 0 Å². The molecule has 1 aromatic rings. The van der Waals surface area contributed by atoms with Gasteiger partial charge in [0, 0.05) is 10.9 Å². The van der Waals surface area contributed by atoms with Gasteiger partial charge in [-0.25, -0.2) is 0 Å². The molecule has 3 heteroatoms. The molecule has 0 spiro atoms. The molecule has 0 amide bonds. The van der Waals surface area contributed by atoms with E-state index in [1.165, 1.54) is 6.42 Å². The van der Waals surface area contributed by atoms with Gasteiger partial charge in [-0.1, -0.05) is 31.5 Å². The predicted molar refractivity (Wildman–Crippen MR) is 74.2 cm³/mol. The topological polar surface area (TPSA) is 26.0 Å². The largest absolute Gasteiger partial charge is 0.324 e. The molecule has 1 atom stereocenters. The Hall–Kier alpha value is -0.180. The van der Waals surface area contributed by atoms with Crippen LogP contribution in [0.15, 0.2) is 23.1 Å². The average molecular weight is 258 g/mol. The average Bonchev–Trinajstić information content (AvgIpc) is 2.19. The Morgan fingerprint density at radius 3 is 2.50 bits per heavy atom. The van der Waals surface area contributed by atoms with E-state index in [9.17, 15) is 0 Å². The molecule has 0 bridgehead atoms. The van der Waals surface area contributed by atoms with Crippen LogP contribution in [0.1, 0.15) is 38.8 Å². The van der Waals surface area contributed by atoms with E-state index in [1.807, 2.05) is 24.8 Å². The lowest BCUT2D eigenvalue weighted by molar-refractivity contribution is 0.632. The van der Waals surface area contributed by atoms with Crippen LogP contribution in [-0.2, 0) is 0 Å². The number of halogens is 1. The van der Waals surface area contributed by atoms with E-state index in [0.29, 0.717) is 0 Å². The maximum Gasteiger partial charge on any atom is 0.0545 e. The molecule has 0 saturated carbocycles. The number of rotatable bonds is 5. The van der Waals surface area contributed by atoms with Crippen LogP contribution >= 0.6 is 23.4 Å². The van der Waals surface area contributed by atoms with Crippen LogP contribution in [0.3, 0.4) is 0 Å².